The minimum absolute atomic E-state index is 0.138. The average Bonchev–Trinajstić information content (AvgIpc) is 2.14. The number of carboxylic acids is 1. The maximum Gasteiger partial charge on any atom is 0.305 e. The second kappa shape index (κ2) is 4.61. The van der Waals surface area contributed by atoms with Crippen LogP contribution in [-0.2, 0) is 4.79 Å². The van der Waals surface area contributed by atoms with Crippen LogP contribution in [0.25, 0.3) is 0 Å². The van der Waals surface area contributed by atoms with E-state index < -0.39 is 11.9 Å². The number of carbonyl (C=O) groups is 1. The summed E-state index contributed by atoms with van der Waals surface area (Å²) in [5.41, 5.74) is 2.90. The monoisotopic (exact) mass is 203 g/mol. The fourth-order valence-electron chi connectivity index (χ4n) is 1.62. The van der Waals surface area contributed by atoms with Gasteiger partial charge >= 0.3 is 5.97 Å². The molecule has 15 heavy (non-hydrogen) atoms. The summed E-state index contributed by atoms with van der Waals surface area (Å²) in [6, 6.07) is 7.72. The van der Waals surface area contributed by atoms with Gasteiger partial charge in [-0.3, -0.25) is 4.79 Å². The third kappa shape index (κ3) is 2.81. The molecule has 1 unspecified atom stereocenters. The molecule has 0 amide bonds. The number of hydrogen-bond acceptors (Lipinski definition) is 2. The number of nitrogens with zero attached hydrogens (tertiary/aromatic N) is 1. The van der Waals surface area contributed by atoms with Crippen molar-refractivity contribution < 1.29 is 9.90 Å². The predicted octanol–water partition coefficient (Wildman–Crippen LogP) is 2.39. The van der Waals surface area contributed by atoms with Gasteiger partial charge in [-0.05, 0) is 25.0 Å². The summed E-state index contributed by atoms with van der Waals surface area (Å²) in [6.07, 6.45) is -0.138. The Morgan fingerprint density at radius 3 is 2.67 bits per heavy atom. The van der Waals surface area contributed by atoms with Crippen molar-refractivity contribution in [3.63, 3.8) is 0 Å². The van der Waals surface area contributed by atoms with E-state index >= 15 is 0 Å². The molecule has 1 N–H and O–H groups in total. The van der Waals surface area contributed by atoms with E-state index in [1.165, 1.54) is 0 Å². The van der Waals surface area contributed by atoms with Crippen LogP contribution in [0.15, 0.2) is 18.2 Å². The smallest absolute Gasteiger partial charge is 0.305 e. The fourth-order valence-corrected chi connectivity index (χ4v) is 1.62. The molecule has 3 heteroatoms. The summed E-state index contributed by atoms with van der Waals surface area (Å²) in [4.78, 5) is 10.6. The van der Waals surface area contributed by atoms with Crippen LogP contribution in [0.5, 0.6) is 0 Å². The molecule has 1 aromatic carbocycles. The minimum atomic E-state index is -0.943. The van der Waals surface area contributed by atoms with Crippen molar-refractivity contribution in [2.24, 2.45) is 0 Å². The number of hydrogen-bond donors (Lipinski definition) is 1. The van der Waals surface area contributed by atoms with Crippen LogP contribution in [0.3, 0.4) is 0 Å². The molecule has 0 bridgehead atoms. The molecule has 0 radical (unpaired) electrons. The molecule has 3 nitrogen and oxygen atoms in total. The van der Waals surface area contributed by atoms with Crippen molar-refractivity contribution in [2.45, 2.75) is 26.2 Å². The van der Waals surface area contributed by atoms with Crippen molar-refractivity contribution in [2.75, 3.05) is 0 Å². The van der Waals surface area contributed by atoms with E-state index in [-0.39, 0.29) is 6.42 Å². The highest BCUT2D eigenvalue weighted by atomic mass is 16.4. The molecule has 1 aromatic rings. The van der Waals surface area contributed by atoms with Crippen LogP contribution in [0, 0.1) is 25.2 Å². The van der Waals surface area contributed by atoms with Gasteiger partial charge in [-0.1, -0.05) is 23.8 Å². The zero-order chi connectivity index (χ0) is 11.4. The van der Waals surface area contributed by atoms with E-state index in [1.54, 1.807) is 0 Å². The highest BCUT2D eigenvalue weighted by Gasteiger charge is 2.16. The van der Waals surface area contributed by atoms with Crippen LogP contribution in [0.4, 0.5) is 0 Å². The van der Waals surface area contributed by atoms with Crippen molar-refractivity contribution >= 4 is 5.97 Å². The van der Waals surface area contributed by atoms with Gasteiger partial charge in [0.05, 0.1) is 18.4 Å². The Morgan fingerprint density at radius 2 is 2.20 bits per heavy atom. The van der Waals surface area contributed by atoms with Crippen LogP contribution in [-0.4, -0.2) is 11.1 Å². The highest BCUT2D eigenvalue weighted by Crippen LogP contribution is 2.23. The first-order chi connectivity index (χ1) is 7.04. The number of carboxylic acid groups (broad SMARTS) is 1. The van der Waals surface area contributed by atoms with Gasteiger partial charge in [0, 0.05) is 0 Å². The van der Waals surface area contributed by atoms with Gasteiger partial charge < -0.3 is 5.11 Å². The van der Waals surface area contributed by atoms with Crippen molar-refractivity contribution in [3.05, 3.63) is 34.9 Å². The number of benzene rings is 1. The predicted molar refractivity (Wildman–Crippen MR) is 56.5 cm³/mol. The van der Waals surface area contributed by atoms with Gasteiger partial charge in [0.1, 0.15) is 0 Å². The molecule has 0 aliphatic heterocycles. The lowest BCUT2D eigenvalue weighted by Gasteiger charge is -2.10. The van der Waals surface area contributed by atoms with E-state index in [0.717, 1.165) is 16.7 Å². The molecule has 0 fully saturated rings. The lowest BCUT2D eigenvalue weighted by molar-refractivity contribution is -0.137. The van der Waals surface area contributed by atoms with Gasteiger partial charge in [-0.2, -0.15) is 5.26 Å². The quantitative estimate of drug-likeness (QED) is 0.820. The minimum Gasteiger partial charge on any atom is -0.481 e. The van der Waals surface area contributed by atoms with E-state index in [9.17, 15) is 4.79 Å². The maximum atomic E-state index is 10.6. The lowest BCUT2D eigenvalue weighted by Crippen LogP contribution is -2.06. The van der Waals surface area contributed by atoms with Gasteiger partial charge in [0.2, 0.25) is 0 Å². The van der Waals surface area contributed by atoms with E-state index in [4.69, 9.17) is 10.4 Å². The standard InChI is InChI=1S/C12H13NO2/c1-8-3-4-11(9(2)5-8)10(7-13)6-12(14)15/h3-5,10H,6H2,1-2H3,(H,14,15). The second-order valence-corrected chi connectivity index (χ2v) is 3.64. The average molecular weight is 203 g/mol. The molecule has 0 aromatic heterocycles. The Hall–Kier alpha value is -1.82. The first-order valence-electron chi connectivity index (χ1n) is 4.73. The Kier molecular flexibility index (Phi) is 3.46. The van der Waals surface area contributed by atoms with Gasteiger partial charge in [-0.15, -0.1) is 0 Å². The van der Waals surface area contributed by atoms with Gasteiger partial charge in [-0.25, -0.2) is 0 Å². The largest absolute Gasteiger partial charge is 0.481 e. The summed E-state index contributed by atoms with van der Waals surface area (Å²) < 4.78 is 0. The molecule has 0 saturated heterocycles. The summed E-state index contributed by atoms with van der Waals surface area (Å²) in [5, 5.41) is 17.6. The zero-order valence-corrected chi connectivity index (χ0v) is 8.82. The molecule has 0 aliphatic carbocycles. The normalized spacial score (nSPS) is 11.8. The van der Waals surface area contributed by atoms with E-state index in [0.29, 0.717) is 0 Å². The van der Waals surface area contributed by atoms with Crippen molar-refractivity contribution in [1.82, 2.24) is 0 Å². The highest BCUT2D eigenvalue weighted by molar-refractivity contribution is 5.69. The Balaban J connectivity index is 3.03. The van der Waals surface area contributed by atoms with E-state index in [1.807, 2.05) is 38.1 Å². The summed E-state index contributed by atoms with van der Waals surface area (Å²) >= 11 is 0. The molecule has 78 valence electrons. The Labute approximate surface area is 89.0 Å². The van der Waals surface area contributed by atoms with Crippen LogP contribution in [0.2, 0.25) is 0 Å². The van der Waals surface area contributed by atoms with Crippen molar-refractivity contribution in [1.29, 1.82) is 5.26 Å². The topological polar surface area (TPSA) is 61.1 Å². The van der Waals surface area contributed by atoms with Crippen molar-refractivity contribution in [3.8, 4) is 6.07 Å². The summed E-state index contributed by atoms with van der Waals surface area (Å²) in [7, 11) is 0. The summed E-state index contributed by atoms with van der Waals surface area (Å²) in [6.45, 7) is 3.86. The molecular weight excluding hydrogens is 190 g/mol. The third-order valence-corrected chi connectivity index (χ3v) is 2.34. The molecule has 0 spiro atoms. The molecular formula is C12H13NO2. The van der Waals surface area contributed by atoms with Gasteiger partial charge in [0.15, 0.2) is 0 Å². The van der Waals surface area contributed by atoms with E-state index in [2.05, 4.69) is 0 Å². The van der Waals surface area contributed by atoms with Crippen LogP contribution < -0.4 is 0 Å². The first kappa shape index (κ1) is 11.3. The number of aliphatic carboxylic acids is 1. The Bertz CT molecular complexity index is 418. The third-order valence-electron chi connectivity index (χ3n) is 2.34. The lowest BCUT2D eigenvalue weighted by atomic mass is 9.92. The first-order valence-corrected chi connectivity index (χ1v) is 4.73. The fraction of sp³-hybridized carbons (Fsp3) is 0.333. The SMILES string of the molecule is Cc1ccc(C(C#N)CC(=O)O)c(C)c1. The number of aryl methyl sites for hydroxylation is 2. The molecule has 1 atom stereocenters. The number of nitriles is 1. The molecule has 0 saturated carbocycles. The Morgan fingerprint density at radius 1 is 1.53 bits per heavy atom. The maximum absolute atomic E-state index is 10.6. The van der Waals surface area contributed by atoms with Gasteiger partial charge in [0.25, 0.3) is 0 Å². The molecule has 0 heterocycles. The van der Waals surface area contributed by atoms with Crippen LogP contribution in [0.1, 0.15) is 29.0 Å². The zero-order valence-electron chi connectivity index (χ0n) is 8.82. The summed E-state index contributed by atoms with van der Waals surface area (Å²) in [5.74, 6) is -1.50. The molecule has 1 rings (SSSR count). The molecule has 0 aliphatic rings. The number of rotatable bonds is 3. The second-order valence-electron chi connectivity index (χ2n) is 3.64. The van der Waals surface area contributed by atoms with Crippen LogP contribution >= 0.6 is 0 Å².